The SMILES string of the molecule is Cc1ccc2c3c1CC[C@@H](C(C)(C)O)[C@]3(O)C(=O)C(C(C)C)=C2. The summed E-state index contributed by atoms with van der Waals surface area (Å²) in [6.07, 6.45) is 3.31. The van der Waals surface area contributed by atoms with Crippen LogP contribution in [0.1, 0.15) is 56.4 Å². The molecule has 0 aromatic heterocycles. The molecule has 0 saturated heterocycles. The van der Waals surface area contributed by atoms with Crippen LogP contribution in [-0.4, -0.2) is 21.6 Å². The Morgan fingerprint density at radius 1 is 1.30 bits per heavy atom. The summed E-state index contributed by atoms with van der Waals surface area (Å²) < 4.78 is 0. The zero-order valence-electron chi connectivity index (χ0n) is 14.6. The lowest BCUT2D eigenvalue weighted by atomic mass is 9.59. The van der Waals surface area contributed by atoms with E-state index in [9.17, 15) is 15.0 Å². The fraction of sp³-hybridized carbons (Fsp3) is 0.550. The van der Waals surface area contributed by atoms with Crippen LogP contribution < -0.4 is 0 Å². The van der Waals surface area contributed by atoms with Crippen molar-refractivity contribution in [3.8, 4) is 0 Å². The molecule has 23 heavy (non-hydrogen) atoms. The van der Waals surface area contributed by atoms with E-state index in [-0.39, 0.29) is 11.7 Å². The zero-order valence-corrected chi connectivity index (χ0v) is 14.6. The van der Waals surface area contributed by atoms with Gasteiger partial charge in [-0.25, -0.2) is 0 Å². The van der Waals surface area contributed by atoms with Crippen molar-refractivity contribution in [3.63, 3.8) is 0 Å². The van der Waals surface area contributed by atoms with Gasteiger partial charge >= 0.3 is 0 Å². The Balaban J connectivity index is 2.35. The number of aliphatic hydroxyl groups is 2. The molecule has 0 bridgehead atoms. The van der Waals surface area contributed by atoms with Crippen molar-refractivity contribution in [2.45, 2.75) is 58.7 Å². The molecule has 2 aliphatic carbocycles. The third-order valence-corrected chi connectivity index (χ3v) is 5.54. The largest absolute Gasteiger partial charge is 0.390 e. The van der Waals surface area contributed by atoms with Crippen LogP contribution in [0.15, 0.2) is 17.7 Å². The van der Waals surface area contributed by atoms with Gasteiger partial charge in [-0.3, -0.25) is 4.79 Å². The first-order chi connectivity index (χ1) is 10.6. The number of carbonyl (C=O) groups excluding carboxylic acids is 1. The Labute approximate surface area is 138 Å². The van der Waals surface area contributed by atoms with Crippen LogP contribution in [0.2, 0.25) is 0 Å². The van der Waals surface area contributed by atoms with E-state index in [1.54, 1.807) is 13.8 Å². The molecule has 2 atom stereocenters. The first-order valence-electron chi connectivity index (χ1n) is 8.42. The summed E-state index contributed by atoms with van der Waals surface area (Å²) >= 11 is 0. The smallest absolute Gasteiger partial charge is 0.195 e. The van der Waals surface area contributed by atoms with E-state index in [4.69, 9.17) is 0 Å². The molecule has 1 aromatic rings. The lowest BCUT2D eigenvalue weighted by Crippen LogP contribution is -2.56. The molecule has 0 saturated carbocycles. The van der Waals surface area contributed by atoms with Gasteiger partial charge in [-0.15, -0.1) is 0 Å². The van der Waals surface area contributed by atoms with E-state index in [2.05, 4.69) is 6.07 Å². The number of ketones is 1. The number of hydrogen-bond donors (Lipinski definition) is 2. The molecule has 124 valence electrons. The minimum Gasteiger partial charge on any atom is -0.390 e. The van der Waals surface area contributed by atoms with Gasteiger partial charge in [-0.1, -0.05) is 26.0 Å². The number of Topliss-reactive ketones (excluding diaryl/α,β-unsaturated/α-hetero) is 1. The average Bonchev–Trinajstić information content (AvgIpc) is 2.44. The first kappa shape index (κ1) is 16.4. The standard InChI is InChI=1S/C20H26O3/c1-11(2)15-10-13-7-6-12(3)14-8-9-16(19(4,5)22)20(23,17(13)14)18(15)21/h6-7,10-11,16,22-23H,8-9H2,1-5H3/t16-,20+/m0/s1. The molecule has 0 amide bonds. The van der Waals surface area contributed by atoms with E-state index in [1.807, 2.05) is 32.9 Å². The maximum Gasteiger partial charge on any atom is 0.195 e. The number of benzene rings is 1. The third-order valence-electron chi connectivity index (χ3n) is 5.54. The topological polar surface area (TPSA) is 57.5 Å². The van der Waals surface area contributed by atoms with Crippen LogP contribution in [0.25, 0.3) is 6.08 Å². The fourth-order valence-electron chi connectivity index (χ4n) is 4.35. The minimum atomic E-state index is -1.62. The summed E-state index contributed by atoms with van der Waals surface area (Å²) in [5, 5.41) is 22.3. The number of hydrogen-bond acceptors (Lipinski definition) is 3. The van der Waals surface area contributed by atoms with Crippen LogP contribution >= 0.6 is 0 Å². The summed E-state index contributed by atoms with van der Waals surface area (Å²) in [6, 6.07) is 4.05. The Morgan fingerprint density at radius 2 is 1.96 bits per heavy atom. The molecule has 0 unspecified atom stereocenters. The van der Waals surface area contributed by atoms with E-state index in [0.29, 0.717) is 12.0 Å². The van der Waals surface area contributed by atoms with Crippen molar-refractivity contribution in [2.75, 3.05) is 0 Å². The lowest BCUT2D eigenvalue weighted by Gasteiger charge is -2.48. The molecule has 3 rings (SSSR count). The lowest BCUT2D eigenvalue weighted by molar-refractivity contribution is -0.160. The van der Waals surface area contributed by atoms with Crippen molar-refractivity contribution in [2.24, 2.45) is 11.8 Å². The normalized spacial score (nSPS) is 27.0. The summed E-state index contributed by atoms with van der Waals surface area (Å²) in [5.41, 5.74) is 1.72. The summed E-state index contributed by atoms with van der Waals surface area (Å²) in [5.74, 6) is -0.703. The maximum absolute atomic E-state index is 13.2. The Morgan fingerprint density at radius 3 is 2.52 bits per heavy atom. The highest BCUT2D eigenvalue weighted by Crippen LogP contribution is 2.51. The molecule has 0 radical (unpaired) electrons. The van der Waals surface area contributed by atoms with E-state index in [0.717, 1.165) is 28.7 Å². The summed E-state index contributed by atoms with van der Waals surface area (Å²) in [4.78, 5) is 13.2. The highest BCUT2D eigenvalue weighted by Gasteiger charge is 2.56. The van der Waals surface area contributed by atoms with Gasteiger partial charge in [-0.05, 0) is 62.3 Å². The maximum atomic E-state index is 13.2. The molecule has 2 N–H and O–H groups in total. The highest BCUT2D eigenvalue weighted by atomic mass is 16.3. The van der Waals surface area contributed by atoms with Gasteiger partial charge in [-0.2, -0.15) is 0 Å². The van der Waals surface area contributed by atoms with Gasteiger partial charge < -0.3 is 10.2 Å². The summed E-state index contributed by atoms with van der Waals surface area (Å²) in [7, 11) is 0. The van der Waals surface area contributed by atoms with Crippen LogP contribution in [0.3, 0.4) is 0 Å². The second kappa shape index (κ2) is 5.02. The second-order valence-corrected chi connectivity index (χ2v) is 7.92. The minimum absolute atomic E-state index is 0.0359. The molecule has 3 nitrogen and oxygen atoms in total. The van der Waals surface area contributed by atoms with Crippen LogP contribution in [0.5, 0.6) is 0 Å². The molecule has 2 aliphatic rings. The van der Waals surface area contributed by atoms with Crippen LogP contribution in [0, 0.1) is 18.8 Å². The van der Waals surface area contributed by atoms with Crippen LogP contribution in [-0.2, 0) is 16.8 Å². The van der Waals surface area contributed by atoms with Crippen molar-refractivity contribution in [3.05, 3.63) is 40.0 Å². The quantitative estimate of drug-likeness (QED) is 0.882. The Kier molecular flexibility index (Phi) is 3.58. The van der Waals surface area contributed by atoms with Crippen molar-refractivity contribution < 1.29 is 15.0 Å². The van der Waals surface area contributed by atoms with Gasteiger partial charge in [0.05, 0.1) is 5.60 Å². The van der Waals surface area contributed by atoms with Gasteiger partial charge in [0, 0.05) is 17.1 Å². The third kappa shape index (κ3) is 2.21. The van der Waals surface area contributed by atoms with Gasteiger partial charge in [0.1, 0.15) is 0 Å². The van der Waals surface area contributed by atoms with Gasteiger partial charge in [0.2, 0.25) is 0 Å². The monoisotopic (exact) mass is 314 g/mol. The number of carbonyl (C=O) groups is 1. The van der Waals surface area contributed by atoms with Crippen molar-refractivity contribution >= 4 is 11.9 Å². The fourth-order valence-corrected chi connectivity index (χ4v) is 4.35. The predicted molar refractivity (Wildman–Crippen MR) is 91.0 cm³/mol. The number of rotatable bonds is 2. The molecular weight excluding hydrogens is 288 g/mol. The molecule has 0 fully saturated rings. The zero-order chi connectivity index (χ0) is 17.2. The summed E-state index contributed by atoms with van der Waals surface area (Å²) in [6.45, 7) is 9.34. The van der Waals surface area contributed by atoms with Crippen molar-refractivity contribution in [1.82, 2.24) is 0 Å². The Hall–Kier alpha value is -1.45. The van der Waals surface area contributed by atoms with Crippen LogP contribution in [0.4, 0.5) is 0 Å². The Bertz CT molecular complexity index is 706. The van der Waals surface area contributed by atoms with Gasteiger partial charge in [0.25, 0.3) is 0 Å². The average molecular weight is 314 g/mol. The second-order valence-electron chi connectivity index (χ2n) is 7.92. The van der Waals surface area contributed by atoms with E-state index >= 15 is 0 Å². The van der Waals surface area contributed by atoms with Gasteiger partial charge in [0.15, 0.2) is 11.4 Å². The highest BCUT2D eigenvalue weighted by molar-refractivity contribution is 6.09. The van der Waals surface area contributed by atoms with E-state index < -0.39 is 17.1 Å². The van der Waals surface area contributed by atoms with E-state index in [1.165, 1.54) is 0 Å². The molecule has 1 aromatic carbocycles. The number of aryl methyl sites for hydroxylation is 1. The first-order valence-corrected chi connectivity index (χ1v) is 8.42. The predicted octanol–water partition coefficient (Wildman–Crippen LogP) is 3.14. The molecule has 0 aliphatic heterocycles. The molecule has 0 spiro atoms. The van der Waals surface area contributed by atoms with Crippen molar-refractivity contribution in [1.29, 1.82) is 0 Å². The molecule has 0 heterocycles. The molecular formula is C20H26O3. The molecule has 3 heteroatoms.